The Kier molecular flexibility index (Phi) is 6.61. The molecule has 0 amide bonds. The van der Waals surface area contributed by atoms with Crippen molar-refractivity contribution in [2.75, 3.05) is 37.6 Å². The summed E-state index contributed by atoms with van der Waals surface area (Å²) >= 11 is 0. The first-order chi connectivity index (χ1) is 17.3. The van der Waals surface area contributed by atoms with Crippen molar-refractivity contribution < 1.29 is 4.57 Å². The van der Waals surface area contributed by atoms with Gasteiger partial charge >= 0.3 is 0 Å². The Hall–Kier alpha value is -3.53. The Morgan fingerprint density at radius 3 is 2.81 bits per heavy atom. The fraction of sp³-hybridized carbons (Fsp3) is 0.333. The molecule has 1 unspecified atom stereocenters. The van der Waals surface area contributed by atoms with Crippen LogP contribution in [-0.2, 0) is 17.5 Å². The Labute approximate surface area is 211 Å². The van der Waals surface area contributed by atoms with E-state index in [4.69, 9.17) is 0 Å². The molecule has 0 saturated carbocycles. The van der Waals surface area contributed by atoms with Crippen LogP contribution in [0.5, 0.6) is 0 Å². The van der Waals surface area contributed by atoms with Crippen LogP contribution in [0.3, 0.4) is 0 Å². The van der Waals surface area contributed by atoms with E-state index in [0.29, 0.717) is 34.5 Å². The SMILES string of the molecule is CN1Cc2cc(Nc3ncc(C#N)c(Nc4cccc(P(C)(C)=O)n4)n3)cc3c2C(/C=C\CCC3)C1. The fourth-order valence-corrected chi connectivity index (χ4v) is 5.73. The molecular weight excluding hydrogens is 469 g/mol. The predicted molar refractivity (Wildman–Crippen MR) is 144 cm³/mol. The molecule has 1 aliphatic carbocycles. The van der Waals surface area contributed by atoms with E-state index in [0.717, 1.165) is 38.0 Å². The first-order valence-electron chi connectivity index (χ1n) is 12.1. The average Bonchev–Trinajstić information content (AvgIpc) is 2.81. The third kappa shape index (κ3) is 5.18. The molecular formula is C27H30N7OP. The molecule has 3 heterocycles. The molecule has 1 atom stereocenters. The lowest BCUT2D eigenvalue weighted by Gasteiger charge is -2.34. The molecule has 2 aliphatic rings. The normalized spacial score (nSPS) is 18.3. The maximum absolute atomic E-state index is 12.5. The van der Waals surface area contributed by atoms with Gasteiger partial charge in [-0.15, -0.1) is 0 Å². The highest BCUT2D eigenvalue weighted by Crippen LogP contribution is 2.37. The van der Waals surface area contributed by atoms with Crippen molar-refractivity contribution in [2.45, 2.75) is 31.7 Å². The number of rotatable bonds is 5. The number of likely N-dealkylation sites (N-methyl/N-ethyl adjacent to an activating group) is 1. The van der Waals surface area contributed by atoms with Gasteiger partial charge in [-0.1, -0.05) is 18.2 Å². The Balaban J connectivity index is 1.46. The van der Waals surface area contributed by atoms with Crippen molar-refractivity contribution >= 4 is 35.8 Å². The lowest BCUT2D eigenvalue weighted by atomic mass is 9.82. The summed E-state index contributed by atoms with van der Waals surface area (Å²) in [6.07, 6.45) is 9.46. The number of hydrogen-bond acceptors (Lipinski definition) is 8. The van der Waals surface area contributed by atoms with Crippen LogP contribution < -0.4 is 16.1 Å². The van der Waals surface area contributed by atoms with Crippen molar-refractivity contribution in [3.63, 3.8) is 0 Å². The third-order valence-electron chi connectivity index (χ3n) is 6.55. The second-order valence-corrected chi connectivity index (χ2v) is 13.0. The van der Waals surface area contributed by atoms with Gasteiger partial charge in [-0.25, -0.2) is 9.97 Å². The van der Waals surface area contributed by atoms with Crippen molar-refractivity contribution in [3.05, 3.63) is 70.9 Å². The molecule has 9 heteroatoms. The quantitative estimate of drug-likeness (QED) is 0.377. The number of anilines is 4. The van der Waals surface area contributed by atoms with E-state index >= 15 is 0 Å². The van der Waals surface area contributed by atoms with E-state index in [1.165, 1.54) is 22.9 Å². The van der Waals surface area contributed by atoms with Gasteiger partial charge in [0.15, 0.2) is 5.82 Å². The molecule has 0 fully saturated rings. The van der Waals surface area contributed by atoms with E-state index in [-0.39, 0.29) is 0 Å². The highest BCUT2D eigenvalue weighted by atomic mass is 31.2. The summed E-state index contributed by atoms with van der Waals surface area (Å²) in [5.41, 5.74) is 5.94. The van der Waals surface area contributed by atoms with Crippen LogP contribution in [0.1, 0.15) is 41.0 Å². The maximum atomic E-state index is 12.5. The number of nitrogens with zero attached hydrogens (tertiary/aromatic N) is 5. The third-order valence-corrected chi connectivity index (χ3v) is 7.91. The molecule has 0 radical (unpaired) electrons. The zero-order valence-corrected chi connectivity index (χ0v) is 21.7. The molecule has 0 saturated heterocycles. The number of allylic oxidation sites excluding steroid dienone is 1. The molecule has 184 valence electrons. The molecule has 0 spiro atoms. The molecule has 0 bridgehead atoms. The summed E-state index contributed by atoms with van der Waals surface area (Å²) in [6.45, 7) is 5.30. The molecule has 3 aromatic rings. The van der Waals surface area contributed by atoms with Crippen LogP contribution in [0.15, 0.2) is 48.7 Å². The number of aryl methyl sites for hydroxylation is 1. The summed E-state index contributed by atoms with van der Waals surface area (Å²) in [5, 5.41) is 16.1. The van der Waals surface area contributed by atoms with Gasteiger partial charge in [0.2, 0.25) is 5.95 Å². The fourth-order valence-electron chi connectivity index (χ4n) is 4.94. The minimum Gasteiger partial charge on any atom is -0.324 e. The molecule has 1 aromatic carbocycles. The number of aromatic nitrogens is 3. The predicted octanol–water partition coefficient (Wildman–Crippen LogP) is 4.90. The monoisotopic (exact) mass is 499 g/mol. The molecule has 5 rings (SSSR count). The lowest BCUT2D eigenvalue weighted by Crippen LogP contribution is -2.31. The van der Waals surface area contributed by atoms with Crippen molar-refractivity contribution in [1.82, 2.24) is 19.9 Å². The highest BCUT2D eigenvalue weighted by molar-refractivity contribution is 7.69. The number of nitrogens with one attached hydrogen (secondary N) is 2. The highest BCUT2D eigenvalue weighted by Gasteiger charge is 2.26. The number of nitriles is 1. The summed E-state index contributed by atoms with van der Waals surface area (Å²) in [4.78, 5) is 15.8. The van der Waals surface area contributed by atoms with Crippen LogP contribution in [-0.4, -0.2) is 46.8 Å². The van der Waals surface area contributed by atoms with Crippen LogP contribution in [0.2, 0.25) is 0 Å². The van der Waals surface area contributed by atoms with Crippen LogP contribution in [0.4, 0.5) is 23.3 Å². The van der Waals surface area contributed by atoms with Crippen molar-refractivity contribution in [1.29, 1.82) is 5.26 Å². The molecule has 2 aromatic heterocycles. The van der Waals surface area contributed by atoms with Crippen LogP contribution in [0.25, 0.3) is 0 Å². The number of hydrogen-bond donors (Lipinski definition) is 2. The summed E-state index contributed by atoms with van der Waals surface area (Å²) in [7, 11) is -0.358. The smallest absolute Gasteiger partial charge is 0.229 e. The minimum absolute atomic E-state index is 0.299. The lowest BCUT2D eigenvalue weighted by molar-refractivity contribution is 0.296. The second-order valence-electron chi connectivity index (χ2n) is 9.88. The molecule has 8 nitrogen and oxygen atoms in total. The van der Waals surface area contributed by atoms with Crippen molar-refractivity contribution in [2.24, 2.45) is 0 Å². The van der Waals surface area contributed by atoms with Crippen LogP contribution >= 0.6 is 7.14 Å². The minimum atomic E-state index is -2.52. The van der Waals surface area contributed by atoms with Gasteiger partial charge in [-0.05, 0) is 80.6 Å². The topological polar surface area (TPSA) is 107 Å². The first kappa shape index (κ1) is 24.2. The van der Waals surface area contributed by atoms with Gasteiger partial charge in [0.1, 0.15) is 30.0 Å². The number of benzene rings is 1. The van der Waals surface area contributed by atoms with Gasteiger partial charge in [-0.2, -0.15) is 10.2 Å². The Bertz CT molecular complexity index is 1420. The zero-order chi connectivity index (χ0) is 25.3. The zero-order valence-electron chi connectivity index (χ0n) is 20.8. The average molecular weight is 500 g/mol. The van der Waals surface area contributed by atoms with E-state index in [2.05, 4.69) is 67.9 Å². The Morgan fingerprint density at radius 2 is 2.00 bits per heavy atom. The van der Waals surface area contributed by atoms with Gasteiger partial charge in [0.25, 0.3) is 0 Å². The molecule has 2 N–H and O–H groups in total. The van der Waals surface area contributed by atoms with Gasteiger partial charge in [-0.3, -0.25) is 0 Å². The summed E-state index contributed by atoms with van der Waals surface area (Å²) in [6, 6.07) is 11.8. The standard InChI is InChI=1S/C27H30N7OP/c1-34-16-19-9-6-4-5-8-18-12-22(13-20(17-34)25(18)19)30-27-29-15-21(14-28)26(33-27)32-23-10-7-11-24(31-23)36(2,3)35/h6-7,9-13,15,19H,4-5,8,16-17H2,1-3H3,(H2,29,30,31,32,33)/b9-6-. The number of pyridine rings is 1. The van der Waals surface area contributed by atoms with Gasteiger partial charge in [0, 0.05) is 24.7 Å². The molecule has 36 heavy (non-hydrogen) atoms. The second kappa shape index (κ2) is 9.85. The first-order valence-corrected chi connectivity index (χ1v) is 14.7. The van der Waals surface area contributed by atoms with Gasteiger partial charge < -0.3 is 20.1 Å². The van der Waals surface area contributed by atoms with E-state index in [1.807, 2.05) is 0 Å². The largest absolute Gasteiger partial charge is 0.324 e. The summed E-state index contributed by atoms with van der Waals surface area (Å²) in [5.74, 6) is 1.64. The van der Waals surface area contributed by atoms with Crippen molar-refractivity contribution in [3.8, 4) is 6.07 Å². The molecule has 1 aliphatic heterocycles. The Morgan fingerprint density at radius 1 is 1.17 bits per heavy atom. The maximum Gasteiger partial charge on any atom is 0.229 e. The van der Waals surface area contributed by atoms with E-state index in [9.17, 15) is 9.83 Å². The van der Waals surface area contributed by atoms with E-state index < -0.39 is 7.14 Å². The van der Waals surface area contributed by atoms with Gasteiger partial charge in [0.05, 0.1) is 6.20 Å². The summed E-state index contributed by atoms with van der Waals surface area (Å²) < 4.78 is 12.5. The van der Waals surface area contributed by atoms with Crippen LogP contribution in [0, 0.1) is 11.3 Å². The van der Waals surface area contributed by atoms with E-state index in [1.54, 1.807) is 31.5 Å².